The van der Waals surface area contributed by atoms with Gasteiger partial charge in [-0.2, -0.15) is 5.26 Å². The van der Waals surface area contributed by atoms with Crippen LogP contribution < -0.4 is 10.1 Å². The minimum atomic E-state index is -0.831. The van der Waals surface area contributed by atoms with Crippen LogP contribution in [0.3, 0.4) is 0 Å². The SMILES string of the molecule is Cc1nnc(Cc2ccccc2N[C@H]2c3cc(C#N)ccc3OC(C)(C)[C@@H]2O)o1. The Balaban J connectivity index is 1.71. The molecule has 0 saturated carbocycles. The van der Waals surface area contributed by atoms with E-state index in [-0.39, 0.29) is 0 Å². The van der Waals surface area contributed by atoms with E-state index in [1.165, 1.54) is 0 Å². The van der Waals surface area contributed by atoms with E-state index >= 15 is 0 Å². The van der Waals surface area contributed by atoms with Crippen molar-refractivity contribution < 1.29 is 14.3 Å². The van der Waals surface area contributed by atoms with E-state index in [1.54, 1.807) is 25.1 Å². The van der Waals surface area contributed by atoms with Gasteiger partial charge in [-0.15, -0.1) is 10.2 Å². The summed E-state index contributed by atoms with van der Waals surface area (Å²) in [6, 6.07) is 14.7. The van der Waals surface area contributed by atoms with Gasteiger partial charge < -0.3 is 19.6 Å². The summed E-state index contributed by atoms with van der Waals surface area (Å²) in [4.78, 5) is 0. The lowest BCUT2D eigenvalue weighted by molar-refractivity contribution is -0.0532. The van der Waals surface area contributed by atoms with Crippen LogP contribution in [0.5, 0.6) is 5.75 Å². The third kappa shape index (κ3) is 3.67. The molecule has 3 aromatic rings. The van der Waals surface area contributed by atoms with E-state index in [0.717, 1.165) is 16.8 Å². The van der Waals surface area contributed by atoms with Gasteiger partial charge >= 0.3 is 0 Å². The van der Waals surface area contributed by atoms with Crippen molar-refractivity contribution >= 4 is 5.69 Å². The van der Waals surface area contributed by atoms with Gasteiger partial charge in [-0.05, 0) is 43.7 Å². The molecule has 2 N–H and O–H groups in total. The van der Waals surface area contributed by atoms with Crippen molar-refractivity contribution in [2.45, 2.75) is 44.9 Å². The highest BCUT2D eigenvalue weighted by Gasteiger charge is 2.43. The van der Waals surface area contributed by atoms with Crippen molar-refractivity contribution in [3.63, 3.8) is 0 Å². The number of anilines is 1. The third-order valence-corrected chi connectivity index (χ3v) is 5.11. The normalized spacial score (nSPS) is 19.7. The molecule has 29 heavy (non-hydrogen) atoms. The number of hydrogen-bond acceptors (Lipinski definition) is 7. The van der Waals surface area contributed by atoms with E-state index in [1.807, 2.05) is 38.1 Å². The van der Waals surface area contributed by atoms with E-state index < -0.39 is 17.7 Å². The maximum atomic E-state index is 11.0. The summed E-state index contributed by atoms with van der Waals surface area (Å²) < 4.78 is 11.5. The molecule has 0 aliphatic carbocycles. The number of para-hydroxylation sites is 1. The van der Waals surface area contributed by atoms with Crippen LogP contribution in [0.25, 0.3) is 0 Å². The Morgan fingerprint density at radius 1 is 1.21 bits per heavy atom. The lowest BCUT2D eigenvalue weighted by Gasteiger charge is -2.42. The second-order valence-electron chi connectivity index (χ2n) is 7.69. The first-order chi connectivity index (χ1) is 13.9. The number of fused-ring (bicyclic) bond motifs is 1. The number of nitriles is 1. The largest absolute Gasteiger partial charge is 0.485 e. The molecule has 0 fully saturated rings. The van der Waals surface area contributed by atoms with Crippen LogP contribution in [-0.4, -0.2) is 27.0 Å². The fourth-order valence-electron chi connectivity index (χ4n) is 3.58. The fourth-order valence-corrected chi connectivity index (χ4v) is 3.58. The van der Waals surface area contributed by atoms with Crippen LogP contribution in [0.2, 0.25) is 0 Å². The van der Waals surface area contributed by atoms with Gasteiger partial charge in [-0.3, -0.25) is 0 Å². The highest BCUT2D eigenvalue weighted by Crippen LogP contribution is 2.42. The van der Waals surface area contributed by atoms with Crippen molar-refractivity contribution in [3.8, 4) is 11.8 Å². The standard InChI is InChI=1S/C22H22N4O3/c1-13-25-26-19(28-13)11-15-6-4-5-7-17(15)24-20-16-10-14(12-23)8-9-18(16)29-22(2,3)21(20)27/h4-10,20-21,24,27H,11H2,1-3H3/t20-,21+/m0/s1. The zero-order chi connectivity index (χ0) is 20.6. The molecule has 0 unspecified atom stereocenters. The molecule has 0 radical (unpaired) electrons. The van der Waals surface area contributed by atoms with Crippen molar-refractivity contribution in [1.29, 1.82) is 5.26 Å². The Morgan fingerprint density at radius 2 is 2.00 bits per heavy atom. The van der Waals surface area contributed by atoms with E-state index in [4.69, 9.17) is 9.15 Å². The number of nitrogens with zero attached hydrogens (tertiary/aromatic N) is 3. The van der Waals surface area contributed by atoms with Crippen LogP contribution in [-0.2, 0) is 6.42 Å². The minimum Gasteiger partial charge on any atom is -0.485 e. The lowest BCUT2D eigenvalue weighted by Crippen LogP contribution is -2.50. The molecule has 0 amide bonds. The number of aryl methyl sites for hydroxylation is 1. The van der Waals surface area contributed by atoms with Gasteiger partial charge in [-0.1, -0.05) is 18.2 Å². The second kappa shape index (κ2) is 7.22. The molecule has 2 heterocycles. The molecule has 0 bridgehead atoms. The van der Waals surface area contributed by atoms with Gasteiger partial charge in [0, 0.05) is 18.2 Å². The Hall–Kier alpha value is -3.37. The van der Waals surface area contributed by atoms with Crippen molar-refractivity contribution in [2.24, 2.45) is 0 Å². The Bertz CT molecular complexity index is 1080. The number of aliphatic hydroxyl groups is 1. The maximum Gasteiger partial charge on any atom is 0.220 e. The summed E-state index contributed by atoms with van der Waals surface area (Å²) in [5.41, 5.74) is 2.28. The summed E-state index contributed by atoms with van der Waals surface area (Å²) in [5.74, 6) is 1.70. The van der Waals surface area contributed by atoms with Gasteiger partial charge in [0.2, 0.25) is 11.8 Å². The molecule has 1 aliphatic heterocycles. The van der Waals surface area contributed by atoms with Crippen molar-refractivity contribution in [3.05, 3.63) is 70.9 Å². The molecular formula is C22H22N4O3. The Kier molecular flexibility index (Phi) is 4.73. The molecule has 0 spiro atoms. The number of hydrogen-bond donors (Lipinski definition) is 2. The Labute approximate surface area is 169 Å². The zero-order valence-electron chi connectivity index (χ0n) is 16.5. The summed E-state index contributed by atoms with van der Waals surface area (Å²) in [6.07, 6.45) is -0.361. The van der Waals surface area contributed by atoms with Crippen LogP contribution in [0.4, 0.5) is 5.69 Å². The first kappa shape index (κ1) is 19.0. The first-order valence-electron chi connectivity index (χ1n) is 9.42. The summed E-state index contributed by atoms with van der Waals surface area (Å²) in [7, 11) is 0. The molecule has 4 rings (SSSR count). The average molecular weight is 390 g/mol. The fraction of sp³-hybridized carbons (Fsp3) is 0.318. The number of aromatic nitrogens is 2. The van der Waals surface area contributed by atoms with E-state index in [2.05, 4.69) is 21.6 Å². The molecule has 1 aromatic heterocycles. The van der Waals surface area contributed by atoms with E-state index in [9.17, 15) is 10.4 Å². The monoisotopic (exact) mass is 390 g/mol. The van der Waals surface area contributed by atoms with E-state index in [0.29, 0.717) is 29.5 Å². The molecule has 7 heteroatoms. The van der Waals surface area contributed by atoms with Crippen LogP contribution in [0, 0.1) is 18.3 Å². The summed E-state index contributed by atoms with van der Waals surface area (Å²) >= 11 is 0. The molecule has 2 atom stereocenters. The first-order valence-corrected chi connectivity index (χ1v) is 9.42. The highest BCUT2D eigenvalue weighted by atomic mass is 16.5. The predicted molar refractivity (Wildman–Crippen MR) is 107 cm³/mol. The third-order valence-electron chi connectivity index (χ3n) is 5.11. The van der Waals surface area contributed by atoms with Crippen molar-refractivity contribution in [1.82, 2.24) is 10.2 Å². The molecule has 7 nitrogen and oxygen atoms in total. The van der Waals surface area contributed by atoms with Gasteiger partial charge in [0.05, 0.1) is 24.1 Å². The zero-order valence-corrected chi connectivity index (χ0v) is 16.5. The molecule has 1 aliphatic rings. The summed E-state index contributed by atoms with van der Waals surface area (Å²) in [6.45, 7) is 5.45. The topological polar surface area (TPSA) is 104 Å². The van der Waals surface area contributed by atoms with Crippen LogP contribution in [0.1, 0.15) is 48.4 Å². The lowest BCUT2D eigenvalue weighted by atomic mass is 9.85. The summed E-state index contributed by atoms with van der Waals surface area (Å²) in [5, 5.41) is 31.8. The highest BCUT2D eigenvalue weighted by molar-refractivity contribution is 5.56. The molecule has 0 saturated heterocycles. The second-order valence-corrected chi connectivity index (χ2v) is 7.69. The Morgan fingerprint density at radius 3 is 2.72 bits per heavy atom. The average Bonchev–Trinajstić information content (AvgIpc) is 3.11. The van der Waals surface area contributed by atoms with Gasteiger partial charge in [0.1, 0.15) is 17.5 Å². The number of nitrogens with one attached hydrogen (secondary N) is 1. The smallest absolute Gasteiger partial charge is 0.220 e. The van der Waals surface area contributed by atoms with Crippen LogP contribution >= 0.6 is 0 Å². The van der Waals surface area contributed by atoms with Gasteiger partial charge in [0.25, 0.3) is 0 Å². The van der Waals surface area contributed by atoms with Crippen LogP contribution in [0.15, 0.2) is 46.9 Å². The predicted octanol–water partition coefficient (Wildman–Crippen LogP) is 3.53. The molecular weight excluding hydrogens is 368 g/mol. The molecule has 2 aromatic carbocycles. The number of benzene rings is 2. The van der Waals surface area contributed by atoms with Crippen molar-refractivity contribution in [2.75, 3.05) is 5.32 Å². The van der Waals surface area contributed by atoms with Gasteiger partial charge in [0.15, 0.2) is 0 Å². The number of ether oxygens (including phenoxy) is 1. The quantitative estimate of drug-likeness (QED) is 0.702. The number of aliphatic hydroxyl groups excluding tert-OH is 1. The minimum absolute atomic E-state index is 0.451. The van der Waals surface area contributed by atoms with Gasteiger partial charge in [-0.25, -0.2) is 0 Å². The number of rotatable bonds is 4. The molecule has 148 valence electrons. The maximum absolute atomic E-state index is 11.0.